The zero-order chi connectivity index (χ0) is 22.6. The van der Waals surface area contributed by atoms with Crippen LogP contribution in [0.4, 0.5) is 5.69 Å². The molecule has 0 atom stereocenters. The lowest BCUT2D eigenvalue weighted by Crippen LogP contribution is -2.00. The number of carbonyl (C=O) groups excluding carboxylic acids is 1. The second-order valence-electron chi connectivity index (χ2n) is 6.96. The molecule has 0 saturated carbocycles. The van der Waals surface area contributed by atoms with Crippen molar-refractivity contribution in [2.45, 2.75) is 13.2 Å². The van der Waals surface area contributed by atoms with Gasteiger partial charge in [-0.25, -0.2) is 0 Å². The third-order valence-electron chi connectivity index (χ3n) is 4.60. The van der Waals surface area contributed by atoms with Crippen LogP contribution in [0.5, 0.6) is 0 Å². The molecule has 0 aromatic heterocycles. The first-order valence-corrected chi connectivity index (χ1v) is 10.1. The van der Waals surface area contributed by atoms with Gasteiger partial charge in [-0.1, -0.05) is 91.0 Å². The van der Waals surface area contributed by atoms with E-state index in [1.807, 2.05) is 42.5 Å². The summed E-state index contributed by atoms with van der Waals surface area (Å²) in [4.78, 5) is 21.9. The third-order valence-corrected chi connectivity index (χ3v) is 4.60. The molecule has 0 aliphatic heterocycles. The van der Waals surface area contributed by atoms with Crippen LogP contribution in [-0.4, -0.2) is 10.7 Å². The zero-order valence-electron chi connectivity index (χ0n) is 17.5. The van der Waals surface area contributed by atoms with Crippen molar-refractivity contribution in [2.24, 2.45) is 0 Å². The summed E-state index contributed by atoms with van der Waals surface area (Å²) in [5, 5.41) is 10.5. The summed E-state index contributed by atoms with van der Waals surface area (Å²) in [5.41, 5.74) is 3.43. The van der Waals surface area contributed by atoms with Gasteiger partial charge < -0.3 is 4.74 Å². The van der Waals surface area contributed by atoms with Crippen molar-refractivity contribution in [3.05, 3.63) is 148 Å². The van der Waals surface area contributed by atoms with Crippen molar-refractivity contribution in [3.8, 4) is 0 Å². The number of nitro groups is 1. The minimum atomic E-state index is -0.489. The number of hydrogen-bond donors (Lipinski definition) is 0. The van der Waals surface area contributed by atoms with E-state index in [4.69, 9.17) is 4.74 Å². The second kappa shape index (κ2) is 11.9. The predicted octanol–water partition coefficient (Wildman–Crippen LogP) is 6.23. The van der Waals surface area contributed by atoms with E-state index in [-0.39, 0.29) is 11.5 Å². The van der Waals surface area contributed by atoms with E-state index in [0.717, 1.165) is 0 Å². The van der Waals surface area contributed by atoms with Crippen molar-refractivity contribution >= 4 is 11.5 Å². The predicted molar refractivity (Wildman–Crippen MR) is 124 cm³/mol. The average Bonchev–Trinajstić information content (AvgIpc) is 2.86. The molecule has 160 valence electrons. The summed E-state index contributed by atoms with van der Waals surface area (Å²) in [6.45, 7) is 1.35. The molecular weight excluding hydrogens is 402 g/mol. The minimum Gasteiger partial charge on any atom is -0.372 e. The fraction of sp³-hybridized carbons (Fsp3) is 0.0741. The van der Waals surface area contributed by atoms with Crippen LogP contribution in [0.25, 0.3) is 0 Å². The molecule has 4 aromatic rings. The molecule has 5 heteroatoms. The molecule has 32 heavy (non-hydrogen) atoms. The van der Waals surface area contributed by atoms with Crippen LogP contribution in [-0.2, 0) is 18.0 Å². The second-order valence-corrected chi connectivity index (χ2v) is 6.96. The van der Waals surface area contributed by atoms with Gasteiger partial charge in [-0.15, -0.1) is 0 Å². The van der Waals surface area contributed by atoms with Gasteiger partial charge in [0.15, 0.2) is 5.78 Å². The number of carbonyl (C=O) groups is 1. The number of ketones is 1. The molecule has 0 unspecified atom stereocenters. The Kier molecular flexibility index (Phi) is 8.42. The molecule has 5 nitrogen and oxygen atoms in total. The van der Waals surface area contributed by atoms with E-state index in [1.165, 1.54) is 35.4 Å². The van der Waals surface area contributed by atoms with Crippen LogP contribution in [0.3, 0.4) is 0 Å². The van der Waals surface area contributed by atoms with Gasteiger partial charge in [-0.3, -0.25) is 14.9 Å². The Morgan fingerprint density at radius 1 is 0.625 bits per heavy atom. The van der Waals surface area contributed by atoms with Gasteiger partial charge in [0.1, 0.15) is 0 Å². The van der Waals surface area contributed by atoms with E-state index < -0.39 is 4.92 Å². The number of rotatable bonds is 7. The van der Waals surface area contributed by atoms with E-state index in [2.05, 4.69) is 24.3 Å². The third kappa shape index (κ3) is 7.00. The molecule has 0 fully saturated rings. The Labute approximate surface area is 187 Å². The van der Waals surface area contributed by atoms with Crippen molar-refractivity contribution in [1.29, 1.82) is 0 Å². The van der Waals surface area contributed by atoms with E-state index in [1.54, 1.807) is 24.3 Å². The lowest BCUT2D eigenvalue weighted by atomic mass is 10.0. The highest BCUT2D eigenvalue weighted by Gasteiger charge is 2.10. The molecule has 0 amide bonds. The maximum absolute atomic E-state index is 12.0. The van der Waals surface area contributed by atoms with Gasteiger partial charge >= 0.3 is 0 Å². The number of non-ortho nitro benzene ring substituents is 1. The number of ether oxygens (including phenoxy) is 1. The quantitative estimate of drug-likeness (QED) is 0.200. The molecule has 0 aliphatic rings. The Morgan fingerprint density at radius 3 is 1.47 bits per heavy atom. The first kappa shape index (κ1) is 22.6. The van der Waals surface area contributed by atoms with Crippen molar-refractivity contribution in [2.75, 3.05) is 0 Å². The van der Waals surface area contributed by atoms with Crippen LogP contribution in [0, 0.1) is 10.1 Å². The van der Waals surface area contributed by atoms with Crippen LogP contribution >= 0.6 is 0 Å². The minimum absolute atomic E-state index is 0.0189. The molecule has 4 aromatic carbocycles. The molecular formula is C27H23NO4. The molecule has 0 saturated heterocycles. The molecule has 0 heterocycles. The van der Waals surface area contributed by atoms with Gasteiger partial charge in [0.2, 0.25) is 0 Å². The summed E-state index contributed by atoms with van der Waals surface area (Å²) in [6, 6.07) is 34.8. The highest BCUT2D eigenvalue weighted by atomic mass is 16.6. The fourth-order valence-electron chi connectivity index (χ4n) is 2.93. The monoisotopic (exact) mass is 425 g/mol. The van der Waals surface area contributed by atoms with E-state index in [9.17, 15) is 14.9 Å². The Hall–Kier alpha value is -4.09. The zero-order valence-corrected chi connectivity index (χ0v) is 17.5. The molecule has 0 N–H and O–H groups in total. The summed E-state index contributed by atoms with van der Waals surface area (Å²) < 4.78 is 5.61. The molecule has 0 bridgehead atoms. The van der Waals surface area contributed by atoms with Crippen LogP contribution in [0.15, 0.2) is 115 Å². The SMILES string of the molecule is O=C(c1ccccc1)c1ccc([N+](=O)[O-])cc1.c1ccc(COCc2ccccc2)cc1. The van der Waals surface area contributed by atoms with E-state index >= 15 is 0 Å². The highest BCUT2D eigenvalue weighted by molar-refractivity contribution is 6.09. The Bertz CT molecular complexity index is 1070. The maximum atomic E-state index is 12.0. The molecule has 4 rings (SSSR count). The van der Waals surface area contributed by atoms with Gasteiger partial charge in [0.25, 0.3) is 5.69 Å². The fourth-order valence-corrected chi connectivity index (χ4v) is 2.93. The van der Waals surface area contributed by atoms with Gasteiger partial charge in [0, 0.05) is 23.3 Å². The van der Waals surface area contributed by atoms with Crippen LogP contribution in [0.2, 0.25) is 0 Å². The van der Waals surface area contributed by atoms with Gasteiger partial charge in [-0.05, 0) is 23.3 Å². The summed E-state index contributed by atoms with van der Waals surface area (Å²) in [6.07, 6.45) is 0. The van der Waals surface area contributed by atoms with Crippen molar-refractivity contribution < 1.29 is 14.5 Å². The van der Waals surface area contributed by atoms with Crippen molar-refractivity contribution in [3.63, 3.8) is 0 Å². The number of benzene rings is 4. The number of nitro benzene ring substituents is 1. The van der Waals surface area contributed by atoms with Crippen LogP contribution in [0.1, 0.15) is 27.0 Å². The lowest BCUT2D eigenvalue weighted by Gasteiger charge is -2.03. The Morgan fingerprint density at radius 2 is 1.03 bits per heavy atom. The lowest BCUT2D eigenvalue weighted by molar-refractivity contribution is -0.384. The van der Waals surface area contributed by atoms with Crippen LogP contribution < -0.4 is 0 Å². The maximum Gasteiger partial charge on any atom is 0.269 e. The molecule has 0 radical (unpaired) electrons. The smallest absolute Gasteiger partial charge is 0.269 e. The van der Waals surface area contributed by atoms with Gasteiger partial charge in [0.05, 0.1) is 18.1 Å². The topological polar surface area (TPSA) is 69.4 Å². The van der Waals surface area contributed by atoms with E-state index in [0.29, 0.717) is 24.3 Å². The first-order chi connectivity index (χ1) is 15.6. The highest BCUT2D eigenvalue weighted by Crippen LogP contribution is 2.15. The molecule has 0 aliphatic carbocycles. The average molecular weight is 425 g/mol. The first-order valence-electron chi connectivity index (χ1n) is 10.1. The molecule has 0 spiro atoms. The Balaban J connectivity index is 0.000000182. The summed E-state index contributed by atoms with van der Waals surface area (Å²) in [5.74, 6) is -0.138. The summed E-state index contributed by atoms with van der Waals surface area (Å²) in [7, 11) is 0. The number of nitrogens with zero attached hydrogens (tertiary/aromatic N) is 1. The van der Waals surface area contributed by atoms with Gasteiger partial charge in [-0.2, -0.15) is 0 Å². The number of hydrogen-bond acceptors (Lipinski definition) is 4. The largest absolute Gasteiger partial charge is 0.372 e. The van der Waals surface area contributed by atoms with Crippen molar-refractivity contribution in [1.82, 2.24) is 0 Å². The normalized spacial score (nSPS) is 10.0. The standard InChI is InChI=1S/C14H14O.C13H9NO3/c1-3-7-13(8-4-1)11-15-12-14-9-5-2-6-10-14;15-13(10-4-2-1-3-5-10)11-6-8-12(9-7-11)14(16)17/h1-10H,11-12H2;1-9H. The summed E-state index contributed by atoms with van der Waals surface area (Å²) >= 11 is 0.